The number of piperidine rings is 1. The van der Waals surface area contributed by atoms with Crippen molar-refractivity contribution in [3.05, 3.63) is 11.7 Å². The van der Waals surface area contributed by atoms with Gasteiger partial charge in [-0.25, -0.2) is 0 Å². The van der Waals surface area contributed by atoms with Crippen molar-refractivity contribution < 1.29 is 4.52 Å². The van der Waals surface area contributed by atoms with Gasteiger partial charge < -0.3 is 9.84 Å². The zero-order valence-corrected chi connectivity index (χ0v) is 14.3. The van der Waals surface area contributed by atoms with E-state index >= 15 is 0 Å². The van der Waals surface area contributed by atoms with Crippen LogP contribution in [0.25, 0.3) is 0 Å². The highest BCUT2D eigenvalue weighted by Crippen LogP contribution is 2.18. The van der Waals surface area contributed by atoms with Gasteiger partial charge in [0.1, 0.15) is 0 Å². The molecule has 1 aromatic rings. The Labute approximate surface area is 134 Å². The fraction of sp³-hybridized carbons (Fsp3) is 0.867. The lowest BCUT2D eigenvalue weighted by molar-refractivity contribution is 0.158. The number of hydrogen-bond acceptors (Lipinski definition) is 5. The molecule has 0 saturated carbocycles. The first-order valence-corrected chi connectivity index (χ1v) is 7.92. The quantitative estimate of drug-likeness (QED) is 0.837. The van der Waals surface area contributed by atoms with Crippen LogP contribution in [0.1, 0.15) is 45.3 Å². The lowest BCUT2D eigenvalue weighted by atomic mass is 9.97. The van der Waals surface area contributed by atoms with Crippen molar-refractivity contribution in [1.82, 2.24) is 20.4 Å². The van der Waals surface area contributed by atoms with Crippen LogP contribution in [-0.2, 0) is 13.0 Å². The molecule has 0 aliphatic carbocycles. The van der Waals surface area contributed by atoms with Crippen molar-refractivity contribution in [3.63, 3.8) is 0 Å². The molecule has 1 aromatic heterocycles. The lowest BCUT2D eigenvalue weighted by Gasteiger charge is -2.30. The van der Waals surface area contributed by atoms with Gasteiger partial charge in [0, 0.05) is 6.42 Å². The number of aromatic nitrogens is 2. The summed E-state index contributed by atoms with van der Waals surface area (Å²) in [5.74, 6) is 3.01. The fourth-order valence-electron chi connectivity index (χ4n) is 2.69. The maximum atomic E-state index is 5.34. The molecular weight excluding hydrogens is 288 g/mol. The maximum absolute atomic E-state index is 5.34. The van der Waals surface area contributed by atoms with Crippen molar-refractivity contribution in [2.45, 2.75) is 46.6 Å². The smallest absolute Gasteiger partial charge is 0.240 e. The Morgan fingerprint density at radius 2 is 2.05 bits per heavy atom. The van der Waals surface area contributed by atoms with Crippen molar-refractivity contribution in [3.8, 4) is 0 Å². The molecule has 1 aliphatic rings. The highest BCUT2D eigenvalue weighted by Gasteiger charge is 2.20. The molecular formula is C15H29ClN4O. The third-order valence-electron chi connectivity index (χ3n) is 3.85. The molecule has 1 aliphatic heterocycles. The van der Waals surface area contributed by atoms with Crippen LogP contribution in [0.2, 0.25) is 0 Å². The zero-order chi connectivity index (χ0) is 14.4. The summed E-state index contributed by atoms with van der Waals surface area (Å²) in [6, 6.07) is 0. The molecule has 0 aromatic carbocycles. The Kier molecular flexibility index (Phi) is 8.22. The first-order valence-electron chi connectivity index (χ1n) is 7.92. The summed E-state index contributed by atoms with van der Waals surface area (Å²) in [5, 5.41) is 7.50. The maximum Gasteiger partial charge on any atom is 0.240 e. The van der Waals surface area contributed by atoms with Crippen LogP contribution in [0.15, 0.2) is 4.52 Å². The molecule has 2 rings (SSSR count). The second-order valence-corrected chi connectivity index (χ2v) is 6.23. The van der Waals surface area contributed by atoms with Crippen molar-refractivity contribution in [2.75, 3.05) is 26.2 Å². The van der Waals surface area contributed by atoms with E-state index in [-0.39, 0.29) is 12.4 Å². The number of rotatable bonds is 7. The zero-order valence-electron chi connectivity index (χ0n) is 13.5. The van der Waals surface area contributed by atoms with Gasteiger partial charge in [0.05, 0.1) is 6.54 Å². The Bertz CT molecular complexity index is 389. The van der Waals surface area contributed by atoms with Crippen molar-refractivity contribution in [2.24, 2.45) is 11.8 Å². The Hall–Kier alpha value is -0.650. The van der Waals surface area contributed by atoms with E-state index in [1.165, 1.54) is 12.8 Å². The molecule has 0 atom stereocenters. The number of hydrogen-bond donors (Lipinski definition) is 1. The van der Waals surface area contributed by atoms with E-state index in [0.717, 1.165) is 56.8 Å². The van der Waals surface area contributed by atoms with E-state index < -0.39 is 0 Å². The van der Waals surface area contributed by atoms with Crippen LogP contribution in [0, 0.1) is 11.8 Å². The van der Waals surface area contributed by atoms with E-state index in [1.807, 2.05) is 0 Å². The van der Waals surface area contributed by atoms with Crippen LogP contribution in [0.3, 0.4) is 0 Å². The summed E-state index contributed by atoms with van der Waals surface area (Å²) in [6.07, 6.45) is 3.42. The molecule has 1 saturated heterocycles. The highest BCUT2D eigenvalue weighted by atomic mass is 35.5. The van der Waals surface area contributed by atoms with Crippen LogP contribution < -0.4 is 5.32 Å². The Morgan fingerprint density at radius 3 is 2.67 bits per heavy atom. The van der Waals surface area contributed by atoms with Gasteiger partial charge in [-0.15, -0.1) is 12.4 Å². The first kappa shape index (κ1) is 18.4. The molecule has 6 heteroatoms. The highest BCUT2D eigenvalue weighted by molar-refractivity contribution is 5.85. The number of likely N-dealkylation sites (tertiary alicyclic amines) is 1. The van der Waals surface area contributed by atoms with E-state index in [2.05, 4.69) is 41.1 Å². The second kappa shape index (κ2) is 9.38. The van der Waals surface area contributed by atoms with Gasteiger partial charge in [0.2, 0.25) is 5.89 Å². The lowest BCUT2D eigenvalue weighted by Crippen LogP contribution is -2.36. The molecule has 122 valence electrons. The van der Waals surface area contributed by atoms with E-state index in [0.29, 0.717) is 5.92 Å². The van der Waals surface area contributed by atoms with Gasteiger partial charge in [-0.2, -0.15) is 4.98 Å². The van der Waals surface area contributed by atoms with Gasteiger partial charge >= 0.3 is 0 Å². The van der Waals surface area contributed by atoms with Crippen LogP contribution >= 0.6 is 12.4 Å². The van der Waals surface area contributed by atoms with Gasteiger partial charge in [-0.3, -0.25) is 4.90 Å². The molecule has 5 nitrogen and oxygen atoms in total. The average molecular weight is 317 g/mol. The standard InChI is InChI=1S/C15H28N4O.ClH/c1-4-16-10-13-5-7-19(8-6-13)11-15-17-14(18-20-15)9-12(2)3;/h12-13,16H,4-11H2,1-3H3;1H. The molecule has 1 N–H and O–H groups in total. The molecule has 1 fully saturated rings. The third kappa shape index (κ3) is 6.32. The van der Waals surface area contributed by atoms with Crippen molar-refractivity contribution >= 4 is 12.4 Å². The van der Waals surface area contributed by atoms with Gasteiger partial charge in [0.25, 0.3) is 0 Å². The summed E-state index contributed by atoms with van der Waals surface area (Å²) < 4.78 is 5.34. The molecule has 21 heavy (non-hydrogen) atoms. The van der Waals surface area contributed by atoms with Gasteiger partial charge in [-0.05, 0) is 50.9 Å². The minimum Gasteiger partial charge on any atom is -0.338 e. The van der Waals surface area contributed by atoms with Crippen LogP contribution in [-0.4, -0.2) is 41.2 Å². The number of nitrogens with zero attached hydrogens (tertiary/aromatic N) is 3. The molecule has 0 bridgehead atoms. The second-order valence-electron chi connectivity index (χ2n) is 6.23. The molecule has 0 unspecified atom stereocenters. The normalized spacial score (nSPS) is 17.1. The Morgan fingerprint density at radius 1 is 1.33 bits per heavy atom. The summed E-state index contributed by atoms with van der Waals surface area (Å²) in [6.45, 7) is 11.8. The van der Waals surface area contributed by atoms with E-state index in [1.54, 1.807) is 0 Å². The summed E-state index contributed by atoms with van der Waals surface area (Å²) in [7, 11) is 0. The molecule has 2 heterocycles. The fourth-order valence-corrected chi connectivity index (χ4v) is 2.69. The SMILES string of the molecule is CCNCC1CCN(Cc2nc(CC(C)C)no2)CC1.Cl. The largest absolute Gasteiger partial charge is 0.338 e. The average Bonchev–Trinajstić information content (AvgIpc) is 2.84. The van der Waals surface area contributed by atoms with Crippen LogP contribution in [0.5, 0.6) is 0 Å². The van der Waals surface area contributed by atoms with E-state index in [9.17, 15) is 0 Å². The molecule has 0 amide bonds. The van der Waals surface area contributed by atoms with Crippen LogP contribution in [0.4, 0.5) is 0 Å². The summed E-state index contributed by atoms with van der Waals surface area (Å²) in [5.41, 5.74) is 0. The van der Waals surface area contributed by atoms with Gasteiger partial charge in [-0.1, -0.05) is 25.9 Å². The summed E-state index contributed by atoms with van der Waals surface area (Å²) >= 11 is 0. The topological polar surface area (TPSA) is 54.2 Å². The monoisotopic (exact) mass is 316 g/mol. The minimum atomic E-state index is 0. The Balaban J connectivity index is 0.00000220. The number of nitrogens with one attached hydrogen (secondary N) is 1. The number of halogens is 1. The first-order chi connectivity index (χ1) is 9.67. The van der Waals surface area contributed by atoms with Crippen molar-refractivity contribution in [1.29, 1.82) is 0 Å². The third-order valence-corrected chi connectivity index (χ3v) is 3.85. The molecule has 0 spiro atoms. The van der Waals surface area contributed by atoms with E-state index in [4.69, 9.17) is 4.52 Å². The predicted octanol–water partition coefficient (Wildman–Crippen LogP) is 2.51. The summed E-state index contributed by atoms with van der Waals surface area (Å²) in [4.78, 5) is 6.91. The molecule has 0 radical (unpaired) electrons. The predicted molar refractivity (Wildman–Crippen MR) is 86.6 cm³/mol. The van der Waals surface area contributed by atoms with Gasteiger partial charge in [0.15, 0.2) is 5.82 Å². The minimum absolute atomic E-state index is 0.